The van der Waals surface area contributed by atoms with Gasteiger partial charge in [-0.2, -0.15) is 0 Å². The van der Waals surface area contributed by atoms with Gasteiger partial charge in [0, 0.05) is 18.2 Å². The number of ether oxygens (including phenoxy) is 1. The molecule has 4 nitrogen and oxygen atoms in total. The van der Waals surface area contributed by atoms with Crippen molar-refractivity contribution in [1.29, 1.82) is 0 Å². The highest BCUT2D eigenvalue weighted by Crippen LogP contribution is 2.62. The van der Waals surface area contributed by atoms with Crippen LogP contribution in [0.3, 0.4) is 0 Å². The van der Waals surface area contributed by atoms with E-state index in [1.807, 2.05) is 50.4 Å². The second-order valence-electron chi connectivity index (χ2n) is 7.21. The number of methoxy groups -OCH3 is 1. The molecule has 1 heterocycles. The van der Waals surface area contributed by atoms with Crippen molar-refractivity contribution in [3.63, 3.8) is 0 Å². The highest BCUT2D eigenvalue weighted by molar-refractivity contribution is 6.04. The van der Waals surface area contributed by atoms with E-state index in [-0.39, 0.29) is 18.3 Å². The molecular weight excluding hydrogens is 314 g/mol. The molecule has 0 bridgehead atoms. The van der Waals surface area contributed by atoms with Gasteiger partial charge in [-0.15, -0.1) is 0 Å². The molecule has 1 aliphatic carbocycles. The van der Waals surface area contributed by atoms with E-state index in [0.717, 1.165) is 22.4 Å². The molecule has 2 aromatic rings. The van der Waals surface area contributed by atoms with Crippen LogP contribution in [0.25, 0.3) is 0 Å². The molecule has 128 valence electrons. The highest BCUT2D eigenvalue weighted by atomic mass is 16.5. The lowest BCUT2D eigenvalue weighted by atomic mass is 9.56. The fraction of sp³-hybridized carbons (Fsp3) is 0.333. The topological polar surface area (TPSA) is 46.6 Å². The molecule has 0 spiro atoms. The van der Waals surface area contributed by atoms with Crippen LogP contribution in [0.4, 0.5) is 5.69 Å². The summed E-state index contributed by atoms with van der Waals surface area (Å²) in [7, 11) is 3.22. The summed E-state index contributed by atoms with van der Waals surface area (Å²) < 4.78 is 5.03. The second-order valence-corrected chi connectivity index (χ2v) is 7.21. The molecule has 2 aromatic carbocycles. The summed E-state index contributed by atoms with van der Waals surface area (Å²) in [5.41, 5.74) is 2.68. The first kappa shape index (κ1) is 15.9. The van der Waals surface area contributed by atoms with Crippen molar-refractivity contribution >= 4 is 17.6 Å². The van der Waals surface area contributed by atoms with Gasteiger partial charge in [0.05, 0.1) is 18.9 Å². The summed E-state index contributed by atoms with van der Waals surface area (Å²) in [5, 5.41) is 0. The zero-order valence-corrected chi connectivity index (χ0v) is 14.7. The second kappa shape index (κ2) is 5.19. The molecule has 0 fully saturated rings. The first-order valence-electron chi connectivity index (χ1n) is 8.48. The van der Waals surface area contributed by atoms with Gasteiger partial charge in [0.15, 0.2) is 0 Å². The number of nitrogens with zero attached hydrogens (tertiary/aromatic N) is 1. The van der Waals surface area contributed by atoms with Crippen molar-refractivity contribution in [3.8, 4) is 0 Å². The minimum Gasteiger partial charge on any atom is -0.469 e. The highest BCUT2D eigenvalue weighted by Gasteiger charge is 2.64. The van der Waals surface area contributed by atoms with E-state index in [1.165, 1.54) is 7.11 Å². The number of fused-ring (bicyclic) bond motifs is 5. The molecule has 0 aromatic heterocycles. The Bertz CT molecular complexity index is 890. The van der Waals surface area contributed by atoms with E-state index in [1.54, 1.807) is 4.90 Å². The van der Waals surface area contributed by atoms with Crippen molar-refractivity contribution < 1.29 is 14.3 Å². The van der Waals surface area contributed by atoms with Crippen LogP contribution >= 0.6 is 0 Å². The van der Waals surface area contributed by atoms with Gasteiger partial charge in [0.25, 0.3) is 0 Å². The Balaban J connectivity index is 2.10. The zero-order valence-electron chi connectivity index (χ0n) is 14.7. The van der Waals surface area contributed by atoms with Crippen LogP contribution < -0.4 is 4.90 Å². The molecule has 4 heteroatoms. The molecule has 0 N–H and O–H groups in total. The van der Waals surface area contributed by atoms with Gasteiger partial charge in [0.1, 0.15) is 0 Å². The number of esters is 1. The molecule has 0 unspecified atom stereocenters. The molecule has 4 rings (SSSR count). The SMILES string of the molecule is COC(=O)C[C@@]12c3ccccc3C[C@]1(C)C(=O)N(C)c1ccccc12. The molecule has 0 saturated carbocycles. The minimum atomic E-state index is -0.714. The summed E-state index contributed by atoms with van der Waals surface area (Å²) in [6, 6.07) is 16.0. The number of benzene rings is 2. The Kier molecular flexibility index (Phi) is 3.29. The third-order valence-electron chi connectivity index (χ3n) is 6.10. The average Bonchev–Trinajstić information content (AvgIpc) is 2.90. The number of hydrogen-bond acceptors (Lipinski definition) is 3. The van der Waals surface area contributed by atoms with E-state index in [9.17, 15) is 9.59 Å². The van der Waals surface area contributed by atoms with Crippen LogP contribution in [-0.4, -0.2) is 26.0 Å². The van der Waals surface area contributed by atoms with Crippen molar-refractivity contribution in [1.82, 2.24) is 0 Å². The number of amides is 1. The van der Waals surface area contributed by atoms with Crippen molar-refractivity contribution in [2.24, 2.45) is 5.41 Å². The van der Waals surface area contributed by atoms with Crippen molar-refractivity contribution in [2.75, 3.05) is 19.1 Å². The standard InChI is InChI=1S/C21H21NO3/c1-20-12-14-8-4-5-9-15(14)21(20,13-18(23)25-3)16-10-6-7-11-17(16)22(2)19(20)24/h4-11H,12-13H2,1-3H3/t20-,21+/m1/s1. The maximum atomic E-state index is 13.4. The molecule has 25 heavy (non-hydrogen) atoms. The van der Waals surface area contributed by atoms with E-state index >= 15 is 0 Å². The third-order valence-corrected chi connectivity index (χ3v) is 6.10. The van der Waals surface area contributed by atoms with Gasteiger partial charge in [-0.25, -0.2) is 0 Å². The van der Waals surface area contributed by atoms with Crippen LogP contribution in [0.5, 0.6) is 0 Å². The third kappa shape index (κ3) is 1.82. The molecule has 1 amide bonds. The molecule has 1 aliphatic heterocycles. The monoisotopic (exact) mass is 335 g/mol. The largest absolute Gasteiger partial charge is 0.469 e. The first-order chi connectivity index (χ1) is 12.0. The van der Waals surface area contributed by atoms with Gasteiger partial charge in [-0.1, -0.05) is 42.5 Å². The van der Waals surface area contributed by atoms with Gasteiger partial charge in [0.2, 0.25) is 5.91 Å². The summed E-state index contributed by atoms with van der Waals surface area (Å²) in [6.45, 7) is 1.99. The summed E-state index contributed by atoms with van der Waals surface area (Å²) in [6.07, 6.45) is 0.783. The number of carbonyl (C=O) groups excluding carboxylic acids is 2. The van der Waals surface area contributed by atoms with Crippen LogP contribution in [0.1, 0.15) is 30.0 Å². The van der Waals surface area contributed by atoms with E-state index in [4.69, 9.17) is 4.74 Å². The Morgan fingerprint density at radius 3 is 2.48 bits per heavy atom. The maximum Gasteiger partial charge on any atom is 0.306 e. The fourth-order valence-corrected chi connectivity index (χ4v) is 4.90. The van der Waals surface area contributed by atoms with Crippen LogP contribution in [0.15, 0.2) is 48.5 Å². The Morgan fingerprint density at radius 1 is 1.12 bits per heavy atom. The normalized spacial score (nSPS) is 26.7. The van der Waals surface area contributed by atoms with Crippen LogP contribution in [0.2, 0.25) is 0 Å². The number of para-hydroxylation sites is 1. The average molecular weight is 335 g/mol. The summed E-state index contributed by atoms with van der Waals surface area (Å²) >= 11 is 0. The number of hydrogen-bond donors (Lipinski definition) is 0. The van der Waals surface area contributed by atoms with Crippen molar-refractivity contribution in [2.45, 2.75) is 25.2 Å². The van der Waals surface area contributed by atoms with Crippen molar-refractivity contribution in [3.05, 3.63) is 65.2 Å². The Hall–Kier alpha value is -2.62. The molecule has 0 radical (unpaired) electrons. The number of rotatable bonds is 2. The first-order valence-corrected chi connectivity index (χ1v) is 8.48. The fourth-order valence-electron chi connectivity index (χ4n) is 4.90. The molecule has 2 atom stereocenters. The number of carbonyl (C=O) groups is 2. The van der Waals surface area contributed by atoms with Gasteiger partial charge in [-0.05, 0) is 36.1 Å². The van der Waals surface area contributed by atoms with Crippen LogP contribution in [-0.2, 0) is 26.2 Å². The molecular formula is C21H21NO3. The lowest BCUT2D eigenvalue weighted by Gasteiger charge is -2.50. The van der Waals surface area contributed by atoms with E-state index < -0.39 is 10.8 Å². The quantitative estimate of drug-likeness (QED) is 0.793. The molecule has 2 aliphatic rings. The van der Waals surface area contributed by atoms with Gasteiger partial charge < -0.3 is 9.64 Å². The van der Waals surface area contributed by atoms with Gasteiger partial charge >= 0.3 is 5.97 Å². The number of anilines is 1. The van der Waals surface area contributed by atoms with E-state index in [2.05, 4.69) is 12.1 Å². The minimum absolute atomic E-state index is 0.0475. The lowest BCUT2D eigenvalue weighted by molar-refractivity contribution is -0.144. The van der Waals surface area contributed by atoms with Gasteiger partial charge in [-0.3, -0.25) is 9.59 Å². The summed E-state index contributed by atoms with van der Waals surface area (Å²) in [4.78, 5) is 27.6. The van der Waals surface area contributed by atoms with E-state index in [0.29, 0.717) is 6.42 Å². The summed E-state index contributed by atoms with van der Waals surface area (Å²) in [5.74, 6) is -0.249. The predicted molar refractivity (Wildman–Crippen MR) is 95.5 cm³/mol. The Labute approximate surface area is 147 Å². The van der Waals surface area contributed by atoms with Crippen LogP contribution in [0, 0.1) is 5.41 Å². The smallest absolute Gasteiger partial charge is 0.306 e. The molecule has 0 saturated heterocycles. The maximum absolute atomic E-state index is 13.4. The predicted octanol–water partition coefficient (Wildman–Crippen LogP) is 3.07. The lowest BCUT2D eigenvalue weighted by Crippen LogP contribution is -2.57. The Morgan fingerprint density at radius 2 is 1.76 bits per heavy atom. The zero-order chi connectivity index (χ0) is 17.8.